The molecule has 0 saturated heterocycles. The Kier molecular flexibility index (Phi) is 3.93. The van der Waals surface area contributed by atoms with Crippen molar-refractivity contribution in [3.63, 3.8) is 0 Å². The third kappa shape index (κ3) is 2.27. The van der Waals surface area contributed by atoms with Gasteiger partial charge in [0.2, 0.25) is 0 Å². The SMILES string of the molecule is C=CCN(C)CC[C@@]12c3c4ccc(O)c3OC1[C@H](O)C=CC2C(C)C4. The van der Waals surface area contributed by atoms with E-state index in [4.69, 9.17) is 4.74 Å². The highest BCUT2D eigenvalue weighted by molar-refractivity contribution is 5.60. The van der Waals surface area contributed by atoms with Crippen LogP contribution in [0.25, 0.3) is 0 Å². The number of hydrogen-bond acceptors (Lipinski definition) is 4. The van der Waals surface area contributed by atoms with Crippen LogP contribution in [0.2, 0.25) is 0 Å². The summed E-state index contributed by atoms with van der Waals surface area (Å²) in [6, 6.07) is 3.77. The largest absolute Gasteiger partial charge is 0.504 e. The van der Waals surface area contributed by atoms with E-state index < -0.39 is 6.10 Å². The maximum absolute atomic E-state index is 10.7. The fourth-order valence-electron chi connectivity index (χ4n) is 5.32. The fourth-order valence-corrected chi connectivity index (χ4v) is 5.32. The lowest BCUT2D eigenvalue weighted by molar-refractivity contribution is -0.0130. The molecule has 0 aromatic heterocycles. The van der Waals surface area contributed by atoms with E-state index in [-0.39, 0.29) is 17.3 Å². The van der Waals surface area contributed by atoms with Crippen LogP contribution in [0.5, 0.6) is 11.5 Å². The van der Waals surface area contributed by atoms with Crippen LogP contribution in [0.1, 0.15) is 24.5 Å². The topological polar surface area (TPSA) is 52.9 Å². The molecule has 3 aliphatic rings. The van der Waals surface area contributed by atoms with E-state index in [1.165, 1.54) is 5.56 Å². The zero-order chi connectivity index (χ0) is 17.8. The molecule has 0 amide bonds. The number of phenolic OH excluding ortho intramolecular Hbond substituents is 1. The van der Waals surface area contributed by atoms with Gasteiger partial charge >= 0.3 is 0 Å². The van der Waals surface area contributed by atoms with Crippen LogP contribution < -0.4 is 4.74 Å². The quantitative estimate of drug-likeness (QED) is 0.809. The molecule has 2 N–H and O–H groups in total. The van der Waals surface area contributed by atoms with Gasteiger partial charge in [-0.05, 0) is 49.9 Å². The number of rotatable bonds is 5. The summed E-state index contributed by atoms with van der Waals surface area (Å²) in [5.74, 6) is 1.57. The third-order valence-corrected chi connectivity index (χ3v) is 6.36. The van der Waals surface area contributed by atoms with E-state index in [0.717, 1.165) is 31.5 Å². The van der Waals surface area contributed by atoms with Crippen LogP contribution in [-0.2, 0) is 11.8 Å². The molecule has 0 spiro atoms. The Morgan fingerprint density at radius 1 is 1.40 bits per heavy atom. The number of benzene rings is 1. The Balaban J connectivity index is 1.84. The second kappa shape index (κ2) is 5.89. The van der Waals surface area contributed by atoms with E-state index in [0.29, 0.717) is 17.6 Å². The molecule has 1 aromatic carbocycles. The zero-order valence-corrected chi connectivity index (χ0v) is 15.0. The number of nitrogens with zero attached hydrogens (tertiary/aromatic N) is 1. The molecule has 25 heavy (non-hydrogen) atoms. The standard InChI is InChI=1S/C21H27NO3/c1-4-10-22(3)11-9-21-15-6-8-17(24)20(21)25-19-16(23)7-5-14(18(19)21)12-13(15)2/h4-8,13,15,17,20,23-24H,1,9-12H2,2-3H3/t13?,15?,17-,20?,21-/m1/s1. The second-order valence-electron chi connectivity index (χ2n) is 7.91. The molecule has 5 atom stereocenters. The number of phenols is 1. The monoisotopic (exact) mass is 341 g/mol. The summed E-state index contributed by atoms with van der Waals surface area (Å²) in [5.41, 5.74) is 2.12. The minimum absolute atomic E-state index is 0.187. The van der Waals surface area contributed by atoms with E-state index >= 15 is 0 Å². The minimum atomic E-state index is -0.647. The Labute approximate surface area is 149 Å². The molecule has 1 heterocycles. The van der Waals surface area contributed by atoms with Crippen LogP contribution in [0.15, 0.2) is 36.9 Å². The van der Waals surface area contributed by atoms with E-state index in [9.17, 15) is 10.2 Å². The maximum Gasteiger partial charge on any atom is 0.165 e. The Morgan fingerprint density at radius 2 is 2.20 bits per heavy atom. The number of hydrogen-bond donors (Lipinski definition) is 2. The molecule has 4 heteroatoms. The van der Waals surface area contributed by atoms with Gasteiger partial charge in [0, 0.05) is 17.5 Å². The van der Waals surface area contributed by atoms with Gasteiger partial charge in [0.25, 0.3) is 0 Å². The summed E-state index contributed by atoms with van der Waals surface area (Å²) in [5, 5.41) is 21.1. The average Bonchev–Trinajstić information content (AvgIpc) is 2.94. The van der Waals surface area contributed by atoms with Crippen LogP contribution >= 0.6 is 0 Å². The lowest BCUT2D eigenvalue weighted by Gasteiger charge is -2.50. The van der Waals surface area contributed by atoms with Crippen molar-refractivity contribution in [2.45, 2.75) is 37.4 Å². The minimum Gasteiger partial charge on any atom is -0.504 e. The van der Waals surface area contributed by atoms with Crippen molar-refractivity contribution in [1.29, 1.82) is 0 Å². The first-order chi connectivity index (χ1) is 12.0. The molecule has 0 fully saturated rings. The van der Waals surface area contributed by atoms with Gasteiger partial charge in [-0.25, -0.2) is 0 Å². The summed E-state index contributed by atoms with van der Waals surface area (Å²) in [4.78, 5) is 2.24. The van der Waals surface area contributed by atoms with Crippen molar-refractivity contribution in [2.75, 3.05) is 20.1 Å². The van der Waals surface area contributed by atoms with Crippen molar-refractivity contribution in [3.05, 3.63) is 48.1 Å². The van der Waals surface area contributed by atoms with Crippen LogP contribution in [0.3, 0.4) is 0 Å². The summed E-state index contributed by atoms with van der Waals surface area (Å²) >= 11 is 0. The number of aliphatic hydroxyl groups excluding tert-OH is 1. The number of aliphatic hydroxyl groups is 1. The lowest BCUT2D eigenvalue weighted by Crippen LogP contribution is -2.56. The summed E-state index contributed by atoms with van der Waals surface area (Å²) in [7, 11) is 2.09. The van der Waals surface area contributed by atoms with Gasteiger partial charge in [0.1, 0.15) is 12.2 Å². The van der Waals surface area contributed by atoms with Crippen molar-refractivity contribution in [3.8, 4) is 11.5 Å². The first-order valence-corrected chi connectivity index (χ1v) is 9.17. The van der Waals surface area contributed by atoms with Crippen molar-refractivity contribution >= 4 is 0 Å². The Morgan fingerprint density at radius 3 is 2.96 bits per heavy atom. The first kappa shape index (κ1) is 16.7. The molecule has 4 rings (SSSR count). The Bertz CT molecular complexity index is 728. The fraction of sp³-hybridized carbons (Fsp3) is 0.524. The highest BCUT2D eigenvalue weighted by Crippen LogP contribution is 2.61. The lowest BCUT2D eigenvalue weighted by atomic mass is 9.54. The molecule has 1 aliphatic heterocycles. The van der Waals surface area contributed by atoms with Crippen LogP contribution in [0, 0.1) is 11.8 Å². The maximum atomic E-state index is 10.7. The van der Waals surface area contributed by atoms with Gasteiger partial charge in [0.15, 0.2) is 11.5 Å². The number of ether oxygens (including phenoxy) is 1. The average molecular weight is 341 g/mol. The predicted octanol–water partition coefficient (Wildman–Crippen LogP) is 2.64. The number of likely N-dealkylation sites (N-methyl/N-ethyl adjacent to an activating group) is 1. The highest BCUT2D eigenvalue weighted by atomic mass is 16.5. The van der Waals surface area contributed by atoms with E-state index in [1.54, 1.807) is 6.07 Å². The van der Waals surface area contributed by atoms with Crippen molar-refractivity contribution in [2.24, 2.45) is 11.8 Å². The second-order valence-corrected chi connectivity index (χ2v) is 7.91. The van der Waals surface area contributed by atoms with Crippen LogP contribution in [-0.4, -0.2) is 47.5 Å². The summed E-state index contributed by atoms with van der Waals surface area (Å²) < 4.78 is 6.20. The molecule has 0 saturated carbocycles. The molecule has 4 nitrogen and oxygen atoms in total. The van der Waals surface area contributed by atoms with Crippen LogP contribution in [0.4, 0.5) is 0 Å². The third-order valence-electron chi connectivity index (χ3n) is 6.36. The zero-order valence-electron chi connectivity index (χ0n) is 15.0. The van der Waals surface area contributed by atoms with Gasteiger partial charge in [-0.2, -0.15) is 0 Å². The number of aromatic hydroxyl groups is 1. The summed E-state index contributed by atoms with van der Waals surface area (Å²) in [6.45, 7) is 7.83. The van der Waals surface area contributed by atoms with Gasteiger partial charge in [-0.15, -0.1) is 6.58 Å². The smallest absolute Gasteiger partial charge is 0.165 e. The molecule has 1 aromatic rings. The summed E-state index contributed by atoms with van der Waals surface area (Å²) in [6.07, 6.45) is 6.87. The van der Waals surface area contributed by atoms with Gasteiger partial charge in [-0.1, -0.05) is 31.2 Å². The van der Waals surface area contributed by atoms with Gasteiger partial charge in [0.05, 0.1) is 0 Å². The molecular weight excluding hydrogens is 314 g/mol. The number of allylic oxidation sites excluding steroid dienone is 1. The molecule has 134 valence electrons. The highest BCUT2D eigenvalue weighted by Gasteiger charge is 2.61. The molecule has 3 unspecified atom stereocenters. The van der Waals surface area contributed by atoms with Crippen molar-refractivity contribution < 1.29 is 14.9 Å². The van der Waals surface area contributed by atoms with E-state index in [2.05, 4.69) is 31.5 Å². The van der Waals surface area contributed by atoms with Gasteiger partial charge in [-0.3, -0.25) is 0 Å². The van der Waals surface area contributed by atoms with E-state index in [1.807, 2.05) is 18.2 Å². The molecular formula is C21H27NO3. The molecule has 2 aliphatic carbocycles. The normalized spacial score (nSPS) is 34.7. The predicted molar refractivity (Wildman–Crippen MR) is 98.0 cm³/mol. The molecule has 0 bridgehead atoms. The van der Waals surface area contributed by atoms with Crippen molar-refractivity contribution in [1.82, 2.24) is 4.90 Å². The first-order valence-electron chi connectivity index (χ1n) is 9.17. The molecule has 0 radical (unpaired) electrons. The van der Waals surface area contributed by atoms with Gasteiger partial charge < -0.3 is 19.8 Å². The Hall–Kier alpha value is -1.78.